The summed E-state index contributed by atoms with van der Waals surface area (Å²) >= 11 is 0. The van der Waals surface area contributed by atoms with E-state index in [2.05, 4.69) is 34.2 Å². The third kappa shape index (κ3) is 2.58. The van der Waals surface area contributed by atoms with Gasteiger partial charge in [-0.2, -0.15) is 0 Å². The summed E-state index contributed by atoms with van der Waals surface area (Å²) < 4.78 is 0. The van der Waals surface area contributed by atoms with Gasteiger partial charge in [-0.3, -0.25) is 0 Å². The van der Waals surface area contributed by atoms with Gasteiger partial charge in [-0.25, -0.2) is 0 Å². The van der Waals surface area contributed by atoms with E-state index >= 15 is 0 Å². The Morgan fingerprint density at radius 3 is 2.74 bits per heavy atom. The number of hydrogen-bond donors (Lipinski definition) is 1. The average molecular weight is 255 g/mol. The van der Waals surface area contributed by atoms with E-state index in [1.165, 1.54) is 5.56 Å². The van der Waals surface area contributed by atoms with Crippen LogP contribution in [0.4, 0.5) is 5.82 Å². The summed E-state index contributed by atoms with van der Waals surface area (Å²) in [5, 5.41) is 18.1. The lowest BCUT2D eigenvalue weighted by Crippen LogP contribution is -2.22. The summed E-state index contributed by atoms with van der Waals surface area (Å²) in [5.41, 5.74) is 3.18. The minimum Gasteiger partial charge on any atom is -0.391 e. The van der Waals surface area contributed by atoms with Crippen molar-refractivity contribution in [1.29, 1.82) is 0 Å². The van der Waals surface area contributed by atoms with Crippen molar-refractivity contribution in [2.45, 2.75) is 19.4 Å². The van der Waals surface area contributed by atoms with Crippen LogP contribution >= 0.6 is 0 Å². The van der Waals surface area contributed by atoms with Crippen LogP contribution in [0.2, 0.25) is 0 Å². The summed E-state index contributed by atoms with van der Waals surface area (Å²) in [4.78, 5) is 2.07. The highest BCUT2D eigenvalue weighted by Crippen LogP contribution is 2.21. The molecule has 2 heterocycles. The maximum atomic E-state index is 9.53. The van der Waals surface area contributed by atoms with Gasteiger partial charge in [0.05, 0.1) is 11.8 Å². The fourth-order valence-corrected chi connectivity index (χ4v) is 2.40. The van der Waals surface area contributed by atoms with E-state index in [0.717, 1.165) is 30.0 Å². The van der Waals surface area contributed by atoms with Gasteiger partial charge in [0, 0.05) is 18.7 Å². The summed E-state index contributed by atoms with van der Waals surface area (Å²) in [6.07, 6.45) is 0.569. The van der Waals surface area contributed by atoms with E-state index in [1.54, 1.807) is 0 Å². The molecule has 3 rings (SSSR count). The molecule has 98 valence electrons. The SMILES string of the molecule is Cc1cccc(-c2ccc(N3CCC(O)C3)nn2)c1. The summed E-state index contributed by atoms with van der Waals surface area (Å²) in [5.74, 6) is 0.841. The van der Waals surface area contributed by atoms with Gasteiger partial charge in [-0.1, -0.05) is 23.8 Å². The standard InChI is InChI=1S/C15H17N3O/c1-11-3-2-4-12(9-11)14-5-6-15(17-16-14)18-8-7-13(19)10-18/h2-6,9,13,19H,7-8,10H2,1H3. The van der Waals surface area contributed by atoms with Crippen LogP contribution in [0.5, 0.6) is 0 Å². The van der Waals surface area contributed by atoms with Gasteiger partial charge in [0.2, 0.25) is 0 Å². The van der Waals surface area contributed by atoms with Crippen molar-refractivity contribution in [2.24, 2.45) is 0 Å². The number of hydrogen-bond acceptors (Lipinski definition) is 4. The maximum absolute atomic E-state index is 9.53. The van der Waals surface area contributed by atoms with Gasteiger partial charge in [0.1, 0.15) is 0 Å². The van der Waals surface area contributed by atoms with Crippen molar-refractivity contribution in [3.63, 3.8) is 0 Å². The third-order valence-corrected chi connectivity index (χ3v) is 3.45. The van der Waals surface area contributed by atoms with E-state index in [4.69, 9.17) is 0 Å². The number of aryl methyl sites for hydroxylation is 1. The molecule has 1 fully saturated rings. The van der Waals surface area contributed by atoms with Crippen LogP contribution in [0, 0.1) is 6.92 Å². The molecule has 4 heteroatoms. The lowest BCUT2D eigenvalue weighted by Gasteiger charge is -2.15. The van der Waals surface area contributed by atoms with Gasteiger partial charge in [0.25, 0.3) is 0 Å². The highest BCUT2D eigenvalue weighted by molar-refractivity contribution is 5.60. The Hall–Kier alpha value is -1.94. The molecule has 0 spiro atoms. The molecule has 1 aromatic carbocycles. The molecule has 2 aromatic rings. The highest BCUT2D eigenvalue weighted by atomic mass is 16.3. The zero-order valence-corrected chi connectivity index (χ0v) is 11.0. The van der Waals surface area contributed by atoms with Crippen LogP contribution in [-0.2, 0) is 0 Å². The van der Waals surface area contributed by atoms with Gasteiger partial charge in [0.15, 0.2) is 5.82 Å². The zero-order valence-electron chi connectivity index (χ0n) is 11.0. The Morgan fingerprint density at radius 2 is 2.11 bits per heavy atom. The summed E-state index contributed by atoms with van der Waals surface area (Å²) in [6, 6.07) is 12.2. The van der Waals surface area contributed by atoms with Crippen molar-refractivity contribution in [1.82, 2.24) is 10.2 Å². The lowest BCUT2D eigenvalue weighted by atomic mass is 10.1. The zero-order chi connectivity index (χ0) is 13.2. The first kappa shape index (κ1) is 12.1. The molecule has 1 atom stereocenters. The fourth-order valence-electron chi connectivity index (χ4n) is 2.40. The molecule has 1 aliphatic heterocycles. The number of aliphatic hydroxyl groups excluding tert-OH is 1. The van der Waals surface area contributed by atoms with Gasteiger partial charge < -0.3 is 10.0 Å². The van der Waals surface area contributed by atoms with Crippen molar-refractivity contribution >= 4 is 5.82 Å². The largest absolute Gasteiger partial charge is 0.391 e. The molecule has 0 aliphatic carbocycles. The summed E-state index contributed by atoms with van der Waals surface area (Å²) in [7, 11) is 0. The first-order chi connectivity index (χ1) is 9.22. The average Bonchev–Trinajstić information content (AvgIpc) is 2.86. The lowest BCUT2D eigenvalue weighted by molar-refractivity contribution is 0.198. The Balaban J connectivity index is 1.83. The first-order valence-electron chi connectivity index (χ1n) is 6.56. The number of aromatic nitrogens is 2. The molecule has 19 heavy (non-hydrogen) atoms. The van der Waals surface area contributed by atoms with E-state index in [1.807, 2.05) is 24.3 Å². The predicted octanol–water partition coefficient (Wildman–Crippen LogP) is 2.02. The topological polar surface area (TPSA) is 49.2 Å². The number of aliphatic hydroxyl groups is 1. The second kappa shape index (κ2) is 4.97. The minimum atomic E-state index is -0.238. The number of rotatable bonds is 2. The Labute approximate surface area is 112 Å². The van der Waals surface area contributed by atoms with E-state index < -0.39 is 0 Å². The van der Waals surface area contributed by atoms with Crippen LogP contribution in [0.15, 0.2) is 36.4 Å². The quantitative estimate of drug-likeness (QED) is 0.892. The van der Waals surface area contributed by atoms with E-state index in [-0.39, 0.29) is 6.10 Å². The smallest absolute Gasteiger partial charge is 0.151 e. The van der Waals surface area contributed by atoms with Crippen molar-refractivity contribution in [2.75, 3.05) is 18.0 Å². The van der Waals surface area contributed by atoms with Crippen LogP contribution < -0.4 is 4.90 Å². The third-order valence-electron chi connectivity index (χ3n) is 3.45. The molecule has 0 saturated carbocycles. The maximum Gasteiger partial charge on any atom is 0.151 e. The highest BCUT2D eigenvalue weighted by Gasteiger charge is 2.21. The molecular formula is C15H17N3O. The first-order valence-corrected chi connectivity index (χ1v) is 6.56. The predicted molar refractivity (Wildman–Crippen MR) is 75.0 cm³/mol. The van der Waals surface area contributed by atoms with Gasteiger partial charge >= 0.3 is 0 Å². The van der Waals surface area contributed by atoms with Crippen LogP contribution in [0.25, 0.3) is 11.3 Å². The van der Waals surface area contributed by atoms with Crippen molar-refractivity contribution < 1.29 is 5.11 Å². The Morgan fingerprint density at radius 1 is 1.21 bits per heavy atom. The summed E-state index contributed by atoms with van der Waals surface area (Å²) in [6.45, 7) is 3.56. The number of β-amino-alcohol motifs (C(OH)–C–C–N with tert-alkyl or cyclic N) is 1. The molecule has 1 N–H and O–H groups in total. The molecule has 1 aliphatic rings. The number of nitrogens with zero attached hydrogens (tertiary/aromatic N) is 3. The minimum absolute atomic E-state index is 0.238. The van der Waals surface area contributed by atoms with E-state index in [9.17, 15) is 5.11 Å². The van der Waals surface area contributed by atoms with Crippen molar-refractivity contribution in [3.05, 3.63) is 42.0 Å². The molecule has 0 amide bonds. The molecule has 1 saturated heterocycles. The Bertz CT molecular complexity index is 568. The van der Waals surface area contributed by atoms with Crippen LogP contribution in [-0.4, -0.2) is 34.5 Å². The molecule has 4 nitrogen and oxygen atoms in total. The molecule has 0 bridgehead atoms. The second-order valence-corrected chi connectivity index (χ2v) is 5.03. The molecule has 1 unspecified atom stereocenters. The van der Waals surface area contributed by atoms with Crippen LogP contribution in [0.3, 0.4) is 0 Å². The molecule has 1 aromatic heterocycles. The van der Waals surface area contributed by atoms with Gasteiger partial charge in [-0.05, 0) is 31.5 Å². The fraction of sp³-hybridized carbons (Fsp3) is 0.333. The van der Waals surface area contributed by atoms with Crippen molar-refractivity contribution in [3.8, 4) is 11.3 Å². The van der Waals surface area contributed by atoms with Crippen LogP contribution in [0.1, 0.15) is 12.0 Å². The number of benzene rings is 1. The van der Waals surface area contributed by atoms with Gasteiger partial charge in [-0.15, -0.1) is 10.2 Å². The molecular weight excluding hydrogens is 238 g/mol. The molecule has 0 radical (unpaired) electrons. The van der Waals surface area contributed by atoms with E-state index in [0.29, 0.717) is 6.54 Å². The Kier molecular flexibility index (Phi) is 3.17. The second-order valence-electron chi connectivity index (χ2n) is 5.03. The normalized spacial score (nSPS) is 18.8. The number of anilines is 1. The monoisotopic (exact) mass is 255 g/mol.